The highest BCUT2D eigenvalue weighted by Crippen LogP contribution is 2.41. The van der Waals surface area contributed by atoms with Gasteiger partial charge in [0.1, 0.15) is 6.04 Å². The van der Waals surface area contributed by atoms with E-state index in [1.807, 2.05) is 0 Å². The Morgan fingerprint density at radius 1 is 1.50 bits per heavy atom. The minimum Gasteiger partial charge on any atom is -0.480 e. The molecule has 0 saturated heterocycles. The van der Waals surface area contributed by atoms with Crippen molar-refractivity contribution in [2.45, 2.75) is 12.5 Å². The second-order valence-electron chi connectivity index (χ2n) is 3.42. The summed E-state index contributed by atoms with van der Waals surface area (Å²) < 4.78 is 10.4. The number of fused-ring (bicyclic) bond motifs is 1. The zero-order valence-electron chi connectivity index (χ0n) is 8.27. The summed E-state index contributed by atoms with van der Waals surface area (Å²) in [7, 11) is 0. The van der Waals surface area contributed by atoms with Gasteiger partial charge in [0.25, 0.3) is 0 Å². The minimum absolute atomic E-state index is 0.0916. The van der Waals surface area contributed by atoms with E-state index in [1.165, 1.54) is 0 Å². The van der Waals surface area contributed by atoms with Gasteiger partial charge in [0.2, 0.25) is 6.79 Å². The van der Waals surface area contributed by atoms with E-state index in [0.29, 0.717) is 22.1 Å². The molecule has 5 nitrogen and oxygen atoms in total. The van der Waals surface area contributed by atoms with Crippen molar-refractivity contribution < 1.29 is 19.4 Å². The highest BCUT2D eigenvalue weighted by Gasteiger charge is 2.23. The van der Waals surface area contributed by atoms with Crippen LogP contribution in [0.3, 0.4) is 0 Å². The van der Waals surface area contributed by atoms with Crippen LogP contribution >= 0.6 is 11.6 Å². The molecule has 0 aliphatic carbocycles. The molecule has 1 aromatic rings. The molecule has 1 heterocycles. The van der Waals surface area contributed by atoms with Gasteiger partial charge in [-0.15, -0.1) is 0 Å². The van der Waals surface area contributed by atoms with Gasteiger partial charge in [-0.2, -0.15) is 0 Å². The van der Waals surface area contributed by atoms with Gasteiger partial charge < -0.3 is 20.3 Å². The fourth-order valence-electron chi connectivity index (χ4n) is 1.50. The first-order valence-electron chi connectivity index (χ1n) is 4.65. The molecule has 1 aromatic carbocycles. The van der Waals surface area contributed by atoms with Crippen molar-refractivity contribution in [3.8, 4) is 11.5 Å². The second kappa shape index (κ2) is 4.19. The molecule has 3 N–H and O–H groups in total. The molecule has 1 atom stereocenters. The van der Waals surface area contributed by atoms with Crippen LogP contribution in [0.1, 0.15) is 5.56 Å². The Balaban J connectivity index is 2.29. The lowest BCUT2D eigenvalue weighted by atomic mass is 10.1. The van der Waals surface area contributed by atoms with E-state index < -0.39 is 12.0 Å². The Kier molecular flexibility index (Phi) is 2.89. The predicted octanol–water partition coefficient (Wildman–Crippen LogP) is 1.02. The molecule has 1 unspecified atom stereocenters. The van der Waals surface area contributed by atoms with E-state index in [9.17, 15) is 4.79 Å². The summed E-state index contributed by atoms with van der Waals surface area (Å²) in [4.78, 5) is 10.6. The van der Waals surface area contributed by atoms with Gasteiger partial charge in [0, 0.05) is 12.0 Å². The van der Waals surface area contributed by atoms with Crippen molar-refractivity contribution in [2.75, 3.05) is 6.79 Å². The first kappa shape index (κ1) is 11.0. The van der Waals surface area contributed by atoms with Gasteiger partial charge in [-0.3, -0.25) is 4.79 Å². The first-order valence-corrected chi connectivity index (χ1v) is 5.02. The van der Waals surface area contributed by atoms with Crippen LogP contribution in [-0.2, 0) is 11.2 Å². The molecule has 0 amide bonds. The van der Waals surface area contributed by atoms with Gasteiger partial charge in [-0.05, 0) is 6.07 Å². The third-order valence-electron chi connectivity index (χ3n) is 2.31. The zero-order chi connectivity index (χ0) is 11.7. The van der Waals surface area contributed by atoms with Crippen LogP contribution in [0.2, 0.25) is 5.02 Å². The largest absolute Gasteiger partial charge is 0.480 e. The number of hydrogen-bond acceptors (Lipinski definition) is 4. The van der Waals surface area contributed by atoms with Crippen LogP contribution < -0.4 is 15.2 Å². The van der Waals surface area contributed by atoms with Crippen molar-refractivity contribution in [1.82, 2.24) is 0 Å². The number of hydrogen-bond donors (Lipinski definition) is 2. The maximum Gasteiger partial charge on any atom is 0.320 e. The molecule has 0 bridgehead atoms. The Labute approximate surface area is 96.7 Å². The van der Waals surface area contributed by atoms with Crippen LogP contribution in [0.15, 0.2) is 12.1 Å². The fourth-order valence-corrected chi connectivity index (χ4v) is 1.71. The third-order valence-corrected chi connectivity index (χ3v) is 2.61. The number of carbonyl (C=O) groups is 1. The van der Waals surface area contributed by atoms with Gasteiger partial charge in [0.15, 0.2) is 11.5 Å². The molecular weight excluding hydrogens is 234 g/mol. The maximum atomic E-state index is 10.6. The molecule has 0 saturated carbocycles. The van der Waals surface area contributed by atoms with Crippen molar-refractivity contribution in [3.05, 3.63) is 22.7 Å². The summed E-state index contributed by atoms with van der Waals surface area (Å²) >= 11 is 5.89. The van der Waals surface area contributed by atoms with E-state index in [-0.39, 0.29) is 13.2 Å². The van der Waals surface area contributed by atoms with Crippen LogP contribution in [0.5, 0.6) is 11.5 Å². The molecule has 2 rings (SSSR count). The highest BCUT2D eigenvalue weighted by molar-refractivity contribution is 6.32. The molecule has 1 aliphatic rings. The SMILES string of the molecule is NC(Cc1ccc(Cl)c2c1OCO2)C(=O)O. The number of carboxylic acid groups (broad SMARTS) is 1. The lowest BCUT2D eigenvalue weighted by Crippen LogP contribution is -2.32. The fraction of sp³-hybridized carbons (Fsp3) is 0.300. The van der Waals surface area contributed by atoms with Gasteiger partial charge in [0.05, 0.1) is 5.02 Å². The molecule has 1 aliphatic heterocycles. The molecule has 0 aromatic heterocycles. The number of nitrogens with two attached hydrogens (primary N) is 1. The second-order valence-corrected chi connectivity index (χ2v) is 3.83. The predicted molar refractivity (Wildman–Crippen MR) is 56.9 cm³/mol. The molecule has 0 fully saturated rings. The van der Waals surface area contributed by atoms with Crippen molar-refractivity contribution in [1.29, 1.82) is 0 Å². The zero-order valence-corrected chi connectivity index (χ0v) is 9.03. The Morgan fingerprint density at radius 3 is 2.88 bits per heavy atom. The number of halogens is 1. The summed E-state index contributed by atoms with van der Waals surface area (Å²) in [6, 6.07) is 2.37. The molecule has 6 heteroatoms. The molecule has 16 heavy (non-hydrogen) atoms. The lowest BCUT2D eigenvalue weighted by Gasteiger charge is -2.09. The van der Waals surface area contributed by atoms with Crippen molar-refractivity contribution in [3.63, 3.8) is 0 Å². The third kappa shape index (κ3) is 1.91. The minimum atomic E-state index is -1.05. The normalized spacial score (nSPS) is 14.9. The molecule has 0 radical (unpaired) electrons. The first-order chi connectivity index (χ1) is 7.59. The van der Waals surface area contributed by atoms with Gasteiger partial charge in [-0.25, -0.2) is 0 Å². The number of benzene rings is 1. The Bertz CT molecular complexity index is 435. The Morgan fingerprint density at radius 2 is 2.19 bits per heavy atom. The maximum absolute atomic E-state index is 10.6. The van der Waals surface area contributed by atoms with E-state index in [2.05, 4.69) is 0 Å². The summed E-state index contributed by atoms with van der Waals surface area (Å²) in [5.74, 6) is -0.108. The monoisotopic (exact) mass is 243 g/mol. The molecule has 0 spiro atoms. The van der Waals surface area contributed by atoms with E-state index >= 15 is 0 Å². The van der Waals surface area contributed by atoms with Crippen LogP contribution in [-0.4, -0.2) is 23.9 Å². The highest BCUT2D eigenvalue weighted by atomic mass is 35.5. The van der Waals surface area contributed by atoms with E-state index in [1.54, 1.807) is 12.1 Å². The number of rotatable bonds is 3. The average molecular weight is 244 g/mol. The van der Waals surface area contributed by atoms with Gasteiger partial charge in [-0.1, -0.05) is 17.7 Å². The van der Waals surface area contributed by atoms with Crippen LogP contribution in [0, 0.1) is 0 Å². The summed E-state index contributed by atoms with van der Waals surface area (Å²) in [6.45, 7) is 0.0916. The topological polar surface area (TPSA) is 81.8 Å². The molecular formula is C10H10ClNO4. The summed E-state index contributed by atoms with van der Waals surface area (Å²) in [5.41, 5.74) is 6.14. The average Bonchev–Trinajstić information content (AvgIpc) is 2.71. The Hall–Kier alpha value is -1.46. The number of aliphatic carboxylic acids is 1. The standard InChI is InChI=1S/C10H10ClNO4/c11-6-2-1-5(3-7(12)10(13)14)8-9(6)16-4-15-8/h1-2,7H,3-4,12H2,(H,13,14). The van der Waals surface area contributed by atoms with Gasteiger partial charge >= 0.3 is 5.97 Å². The summed E-state index contributed by atoms with van der Waals surface area (Å²) in [6.07, 6.45) is 0.179. The van der Waals surface area contributed by atoms with Crippen LogP contribution in [0.25, 0.3) is 0 Å². The van der Waals surface area contributed by atoms with E-state index in [4.69, 9.17) is 31.9 Å². The van der Waals surface area contributed by atoms with Crippen molar-refractivity contribution in [2.24, 2.45) is 5.73 Å². The van der Waals surface area contributed by atoms with E-state index in [0.717, 1.165) is 0 Å². The lowest BCUT2D eigenvalue weighted by molar-refractivity contribution is -0.138. The number of ether oxygens (including phenoxy) is 2. The van der Waals surface area contributed by atoms with Crippen molar-refractivity contribution >= 4 is 17.6 Å². The quantitative estimate of drug-likeness (QED) is 0.828. The molecule has 86 valence electrons. The summed E-state index contributed by atoms with van der Waals surface area (Å²) in [5, 5.41) is 9.17. The van der Waals surface area contributed by atoms with Crippen LogP contribution in [0.4, 0.5) is 0 Å². The number of carboxylic acids is 1. The smallest absolute Gasteiger partial charge is 0.320 e.